The zero-order valence-corrected chi connectivity index (χ0v) is 28.6. The maximum atomic E-state index is 2.38. The van der Waals surface area contributed by atoms with Crippen molar-refractivity contribution in [1.82, 2.24) is 4.57 Å². The van der Waals surface area contributed by atoms with Gasteiger partial charge in [-0.25, -0.2) is 0 Å². The minimum atomic E-state index is 1.11. The number of hydrogen-bond acceptors (Lipinski definition) is 2. The summed E-state index contributed by atoms with van der Waals surface area (Å²) in [5.41, 5.74) is 11.8. The van der Waals surface area contributed by atoms with Crippen molar-refractivity contribution >= 4 is 70.4 Å². The molecular formula is C48H32N2S. The summed E-state index contributed by atoms with van der Waals surface area (Å²) in [7, 11) is 0. The Morgan fingerprint density at radius 1 is 0.373 bits per heavy atom. The van der Waals surface area contributed by atoms with E-state index in [9.17, 15) is 0 Å². The molecule has 0 atom stereocenters. The summed E-state index contributed by atoms with van der Waals surface area (Å²) in [4.78, 5) is 2.38. The van der Waals surface area contributed by atoms with Gasteiger partial charge >= 0.3 is 0 Å². The lowest BCUT2D eigenvalue weighted by Gasteiger charge is -2.26. The molecule has 0 fully saturated rings. The molecule has 0 aliphatic heterocycles. The summed E-state index contributed by atoms with van der Waals surface area (Å²) in [6, 6.07) is 70.3. The molecule has 0 aliphatic rings. The minimum absolute atomic E-state index is 1.11. The fourth-order valence-electron chi connectivity index (χ4n) is 7.60. The van der Waals surface area contributed by atoms with E-state index in [-0.39, 0.29) is 0 Å². The van der Waals surface area contributed by atoms with Gasteiger partial charge in [-0.3, -0.25) is 0 Å². The molecule has 2 heterocycles. The van der Waals surface area contributed by atoms with Crippen LogP contribution in [0.4, 0.5) is 17.1 Å². The first-order valence-corrected chi connectivity index (χ1v) is 18.2. The lowest BCUT2D eigenvalue weighted by atomic mass is 10.0. The third-order valence-corrected chi connectivity index (χ3v) is 11.2. The number of para-hydroxylation sites is 2. The van der Waals surface area contributed by atoms with Crippen molar-refractivity contribution in [3.63, 3.8) is 0 Å². The van der Waals surface area contributed by atoms with Gasteiger partial charge in [-0.2, -0.15) is 0 Å². The van der Waals surface area contributed by atoms with Crippen LogP contribution in [0.15, 0.2) is 194 Å². The van der Waals surface area contributed by atoms with E-state index in [2.05, 4.69) is 204 Å². The Bertz CT molecular complexity index is 2830. The molecule has 51 heavy (non-hydrogen) atoms. The molecular weight excluding hydrogens is 637 g/mol. The zero-order chi connectivity index (χ0) is 33.7. The quantitative estimate of drug-likeness (QED) is 0.171. The lowest BCUT2D eigenvalue weighted by Crippen LogP contribution is -2.10. The van der Waals surface area contributed by atoms with Crippen LogP contribution in [0.25, 0.3) is 69.9 Å². The van der Waals surface area contributed by atoms with Crippen molar-refractivity contribution in [2.75, 3.05) is 4.90 Å². The molecule has 0 N–H and O–H groups in total. The Hall–Kier alpha value is -6.42. The first-order chi connectivity index (χ1) is 25.3. The molecule has 0 unspecified atom stereocenters. The predicted octanol–water partition coefficient (Wildman–Crippen LogP) is 14.0. The maximum Gasteiger partial charge on any atom is 0.0542 e. The maximum absolute atomic E-state index is 2.38. The Balaban J connectivity index is 1.12. The Morgan fingerprint density at radius 3 is 1.71 bits per heavy atom. The number of thiophene rings is 1. The van der Waals surface area contributed by atoms with Crippen LogP contribution in [0.1, 0.15) is 0 Å². The monoisotopic (exact) mass is 668 g/mol. The number of nitrogens with zero attached hydrogens (tertiary/aromatic N) is 2. The molecule has 2 aromatic heterocycles. The predicted molar refractivity (Wildman–Crippen MR) is 219 cm³/mol. The van der Waals surface area contributed by atoms with E-state index < -0.39 is 0 Å². The van der Waals surface area contributed by atoms with E-state index in [0.29, 0.717) is 0 Å². The Kier molecular flexibility index (Phi) is 7.04. The highest BCUT2D eigenvalue weighted by atomic mass is 32.1. The topological polar surface area (TPSA) is 8.17 Å². The number of fused-ring (bicyclic) bond motifs is 6. The highest BCUT2D eigenvalue weighted by Crippen LogP contribution is 2.43. The molecule has 0 saturated carbocycles. The fraction of sp³-hybridized carbons (Fsp3) is 0. The molecule has 0 radical (unpaired) electrons. The second-order valence-electron chi connectivity index (χ2n) is 13.0. The summed E-state index contributed by atoms with van der Waals surface area (Å²) < 4.78 is 5.03. The first-order valence-electron chi connectivity index (χ1n) is 17.4. The van der Waals surface area contributed by atoms with Gasteiger partial charge in [-0.1, -0.05) is 127 Å². The van der Waals surface area contributed by atoms with E-state index in [1.165, 1.54) is 64.2 Å². The van der Waals surface area contributed by atoms with Gasteiger partial charge in [0.1, 0.15) is 0 Å². The zero-order valence-electron chi connectivity index (χ0n) is 27.8. The summed E-state index contributed by atoms with van der Waals surface area (Å²) in [5, 5.41) is 5.11. The second kappa shape index (κ2) is 12.2. The molecule has 8 aromatic carbocycles. The van der Waals surface area contributed by atoms with E-state index >= 15 is 0 Å². The van der Waals surface area contributed by atoms with Gasteiger partial charge in [0.25, 0.3) is 0 Å². The van der Waals surface area contributed by atoms with Crippen LogP contribution in [0, 0.1) is 0 Å². The van der Waals surface area contributed by atoms with Crippen molar-refractivity contribution in [3.05, 3.63) is 194 Å². The van der Waals surface area contributed by atoms with Gasteiger partial charge in [0.2, 0.25) is 0 Å². The standard InChI is InChI=1S/C48H32N2S/c1-3-12-33(13-4-1)34-22-26-37(27-23-34)49(38-28-24-35(25-29-38)40-18-11-19-43-42-17-8-10-21-47(42)51-48(40)43)39-30-31-46-44(32-39)41-16-7-9-20-45(41)50(46)36-14-5-2-6-15-36/h1-32H. The minimum Gasteiger partial charge on any atom is -0.310 e. The van der Waals surface area contributed by atoms with Crippen molar-refractivity contribution < 1.29 is 0 Å². The molecule has 3 heteroatoms. The lowest BCUT2D eigenvalue weighted by molar-refractivity contribution is 1.18. The molecule has 240 valence electrons. The number of aromatic nitrogens is 1. The molecule has 10 rings (SSSR count). The fourth-order valence-corrected chi connectivity index (χ4v) is 8.84. The van der Waals surface area contributed by atoms with Crippen LogP contribution in [0.5, 0.6) is 0 Å². The second-order valence-corrected chi connectivity index (χ2v) is 14.0. The molecule has 0 spiro atoms. The summed E-state index contributed by atoms with van der Waals surface area (Å²) in [6.07, 6.45) is 0. The van der Waals surface area contributed by atoms with E-state index in [4.69, 9.17) is 0 Å². The van der Waals surface area contributed by atoms with Crippen LogP contribution in [0.3, 0.4) is 0 Å². The van der Waals surface area contributed by atoms with Crippen LogP contribution in [-0.2, 0) is 0 Å². The number of hydrogen-bond donors (Lipinski definition) is 0. The number of benzene rings is 8. The largest absolute Gasteiger partial charge is 0.310 e. The van der Waals surface area contributed by atoms with E-state index in [1.54, 1.807) is 0 Å². The van der Waals surface area contributed by atoms with E-state index in [1.807, 2.05) is 11.3 Å². The normalized spacial score (nSPS) is 11.5. The van der Waals surface area contributed by atoms with Crippen LogP contribution < -0.4 is 4.90 Å². The average molecular weight is 669 g/mol. The smallest absolute Gasteiger partial charge is 0.0542 e. The number of rotatable bonds is 6. The molecule has 0 bridgehead atoms. The van der Waals surface area contributed by atoms with E-state index in [0.717, 1.165) is 22.7 Å². The van der Waals surface area contributed by atoms with Gasteiger partial charge < -0.3 is 9.47 Å². The highest BCUT2D eigenvalue weighted by Gasteiger charge is 2.18. The van der Waals surface area contributed by atoms with Crippen molar-refractivity contribution in [2.24, 2.45) is 0 Å². The SMILES string of the molecule is c1ccc(-c2ccc(N(c3ccc(-c4cccc5c4sc4ccccc45)cc3)c3ccc4c(c3)c3ccccc3n4-c3ccccc3)cc2)cc1. The molecule has 0 amide bonds. The average Bonchev–Trinajstić information content (AvgIpc) is 3.75. The van der Waals surface area contributed by atoms with Crippen molar-refractivity contribution in [1.29, 1.82) is 0 Å². The third-order valence-electron chi connectivity index (χ3n) is 10.0. The molecule has 0 aliphatic carbocycles. The Labute approximate surface area is 300 Å². The van der Waals surface area contributed by atoms with Crippen LogP contribution in [0.2, 0.25) is 0 Å². The van der Waals surface area contributed by atoms with Gasteiger partial charge in [0.05, 0.1) is 11.0 Å². The van der Waals surface area contributed by atoms with Crippen LogP contribution in [-0.4, -0.2) is 4.57 Å². The molecule has 2 nitrogen and oxygen atoms in total. The molecule has 0 saturated heterocycles. The van der Waals surface area contributed by atoms with Gasteiger partial charge in [0, 0.05) is 53.7 Å². The Morgan fingerprint density at radius 2 is 0.941 bits per heavy atom. The summed E-state index contributed by atoms with van der Waals surface area (Å²) >= 11 is 1.88. The number of anilines is 3. The summed E-state index contributed by atoms with van der Waals surface area (Å²) in [5.74, 6) is 0. The third kappa shape index (κ3) is 5.01. The highest BCUT2D eigenvalue weighted by molar-refractivity contribution is 7.26. The van der Waals surface area contributed by atoms with Crippen molar-refractivity contribution in [2.45, 2.75) is 0 Å². The molecule has 10 aromatic rings. The van der Waals surface area contributed by atoms with Gasteiger partial charge in [-0.05, 0) is 89.0 Å². The summed E-state index contributed by atoms with van der Waals surface area (Å²) in [6.45, 7) is 0. The van der Waals surface area contributed by atoms with Gasteiger partial charge in [0.15, 0.2) is 0 Å². The van der Waals surface area contributed by atoms with Crippen LogP contribution >= 0.6 is 11.3 Å². The van der Waals surface area contributed by atoms with Crippen molar-refractivity contribution in [3.8, 4) is 27.9 Å². The first kappa shape index (κ1) is 29.5. The van der Waals surface area contributed by atoms with Gasteiger partial charge in [-0.15, -0.1) is 11.3 Å².